The summed E-state index contributed by atoms with van der Waals surface area (Å²) in [6, 6.07) is 9.47. The fourth-order valence-electron chi connectivity index (χ4n) is 4.65. The number of H-pyrrole nitrogens is 1. The quantitative estimate of drug-likeness (QED) is 0.701. The van der Waals surface area contributed by atoms with Crippen LogP contribution in [0.15, 0.2) is 42.7 Å². The summed E-state index contributed by atoms with van der Waals surface area (Å²) >= 11 is 0. The van der Waals surface area contributed by atoms with E-state index in [9.17, 15) is 9.59 Å². The molecule has 0 saturated carbocycles. The van der Waals surface area contributed by atoms with Crippen molar-refractivity contribution in [1.82, 2.24) is 29.7 Å². The van der Waals surface area contributed by atoms with E-state index < -0.39 is 0 Å². The molecule has 5 heterocycles. The largest absolute Gasteiger partial charge is 0.342 e. The summed E-state index contributed by atoms with van der Waals surface area (Å²) in [6.45, 7) is 2.61. The summed E-state index contributed by atoms with van der Waals surface area (Å²) in [5.41, 5.74) is 2.47. The second kappa shape index (κ2) is 8.45. The summed E-state index contributed by atoms with van der Waals surface area (Å²) < 4.78 is 0. The van der Waals surface area contributed by atoms with Gasteiger partial charge in [0.1, 0.15) is 5.82 Å². The molecule has 1 unspecified atom stereocenters. The molecule has 3 aromatic heterocycles. The number of carbonyl (C=O) groups is 2. The summed E-state index contributed by atoms with van der Waals surface area (Å²) in [6.07, 6.45) is 6.26. The molecule has 2 aliphatic rings. The minimum absolute atomic E-state index is 0.0474. The molecule has 8 heteroatoms. The molecule has 2 aliphatic heterocycles. The van der Waals surface area contributed by atoms with Crippen molar-refractivity contribution >= 4 is 23.0 Å². The molecule has 5 rings (SSSR count). The number of piperidine rings is 1. The first kappa shape index (κ1) is 19.7. The molecule has 1 N–H and O–H groups in total. The van der Waals surface area contributed by atoms with E-state index in [1.54, 1.807) is 12.4 Å². The van der Waals surface area contributed by atoms with Crippen LogP contribution in [0.1, 0.15) is 36.7 Å². The molecule has 0 aliphatic carbocycles. The topological polar surface area (TPSA) is 95.1 Å². The van der Waals surface area contributed by atoms with Crippen LogP contribution in [0.4, 0.5) is 0 Å². The summed E-state index contributed by atoms with van der Waals surface area (Å²) in [7, 11) is 0. The van der Waals surface area contributed by atoms with Gasteiger partial charge in [-0.05, 0) is 43.5 Å². The maximum Gasteiger partial charge on any atom is 0.228 e. The van der Waals surface area contributed by atoms with E-state index in [4.69, 9.17) is 0 Å². The van der Waals surface area contributed by atoms with Gasteiger partial charge in [0.2, 0.25) is 11.8 Å². The Hall–Kier alpha value is -3.29. The Morgan fingerprint density at radius 1 is 0.968 bits per heavy atom. The van der Waals surface area contributed by atoms with Gasteiger partial charge in [0.05, 0.1) is 17.9 Å². The average molecular weight is 419 g/mol. The molecule has 0 radical (unpaired) electrons. The van der Waals surface area contributed by atoms with Crippen LogP contribution in [0.3, 0.4) is 0 Å². The fraction of sp³-hybridized carbons (Fsp3) is 0.435. The van der Waals surface area contributed by atoms with Crippen molar-refractivity contribution in [2.24, 2.45) is 5.92 Å². The SMILES string of the molecule is O=C(Cc1ccccn1)N1CCC(C(=O)N2CCC(c3nc4ncccc4[nH]3)CC2)C1. The summed E-state index contributed by atoms with van der Waals surface area (Å²) in [5.74, 6) is 1.41. The summed E-state index contributed by atoms with van der Waals surface area (Å²) in [5, 5.41) is 0. The van der Waals surface area contributed by atoms with Crippen LogP contribution in [0.5, 0.6) is 0 Å². The number of nitrogens with one attached hydrogen (secondary N) is 1. The molecule has 1 atom stereocenters. The average Bonchev–Trinajstić information content (AvgIpc) is 3.47. The third-order valence-corrected chi connectivity index (χ3v) is 6.42. The van der Waals surface area contributed by atoms with E-state index in [1.807, 2.05) is 40.1 Å². The third-order valence-electron chi connectivity index (χ3n) is 6.42. The van der Waals surface area contributed by atoms with Gasteiger partial charge in [-0.1, -0.05) is 6.07 Å². The molecule has 2 fully saturated rings. The number of rotatable bonds is 4. The number of pyridine rings is 2. The molecule has 8 nitrogen and oxygen atoms in total. The molecule has 2 amide bonds. The Kier molecular flexibility index (Phi) is 5.36. The van der Waals surface area contributed by atoms with E-state index in [0.29, 0.717) is 25.4 Å². The van der Waals surface area contributed by atoms with Crippen LogP contribution in [-0.4, -0.2) is 67.7 Å². The van der Waals surface area contributed by atoms with Crippen molar-refractivity contribution in [3.05, 3.63) is 54.2 Å². The Balaban J connectivity index is 1.14. The first-order valence-electron chi connectivity index (χ1n) is 10.9. The molecule has 2 saturated heterocycles. The number of amides is 2. The number of hydrogen-bond acceptors (Lipinski definition) is 5. The number of aromatic nitrogens is 4. The van der Waals surface area contributed by atoms with Gasteiger partial charge in [-0.2, -0.15) is 0 Å². The number of carbonyl (C=O) groups excluding carboxylic acids is 2. The third kappa shape index (κ3) is 4.15. The van der Waals surface area contributed by atoms with Crippen molar-refractivity contribution < 1.29 is 9.59 Å². The lowest BCUT2D eigenvalue weighted by Crippen LogP contribution is -2.42. The van der Waals surface area contributed by atoms with Gasteiger partial charge in [0.25, 0.3) is 0 Å². The van der Waals surface area contributed by atoms with E-state index in [1.165, 1.54) is 0 Å². The van der Waals surface area contributed by atoms with Crippen LogP contribution in [-0.2, 0) is 16.0 Å². The van der Waals surface area contributed by atoms with Crippen molar-refractivity contribution in [2.75, 3.05) is 26.2 Å². The van der Waals surface area contributed by atoms with Crippen LogP contribution < -0.4 is 0 Å². The molecule has 0 aromatic carbocycles. The van der Waals surface area contributed by atoms with Crippen LogP contribution in [0, 0.1) is 5.92 Å². The van der Waals surface area contributed by atoms with E-state index >= 15 is 0 Å². The second-order valence-corrected chi connectivity index (χ2v) is 8.42. The number of nitrogens with zero attached hydrogens (tertiary/aromatic N) is 5. The highest BCUT2D eigenvalue weighted by molar-refractivity contribution is 5.83. The number of aromatic amines is 1. The number of likely N-dealkylation sites (tertiary alicyclic amines) is 2. The minimum Gasteiger partial charge on any atom is -0.342 e. The van der Waals surface area contributed by atoms with E-state index in [2.05, 4.69) is 19.9 Å². The molecule has 0 spiro atoms. The zero-order valence-corrected chi connectivity index (χ0v) is 17.4. The minimum atomic E-state index is -0.0976. The van der Waals surface area contributed by atoms with Gasteiger partial charge in [-0.15, -0.1) is 0 Å². The van der Waals surface area contributed by atoms with E-state index in [0.717, 1.165) is 55.0 Å². The van der Waals surface area contributed by atoms with Crippen molar-refractivity contribution in [3.8, 4) is 0 Å². The Bertz CT molecular complexity index is 1040. The monoisotopic (exact) mass is 418 g/mol. The summed E-state index contributed by atoms with van der Waals surface area (Å²) in [4.78, 5) is 45.9. The highest BCUT2D eigenvalue weighted by Gasteiger charge is 2.35. The lowest BCUT2D eigenvalue weighted by atomic mass is 9.95. The Labute approximate surface area is 180 Å². The molecule has 0 bridgehead atoms. The second-order valence-electron chi connectivity index (χ2n) is 8.42. The molecular formula is C23H26N6O2. The van der Waals surface area contributed by atoms with Crippen molar-refractivity contribution in [2.45, 2.75) is 31.6 Å². The smallest absolute Gasteiger partial charge is 0.228 e. The Morgan fingerprint density at radius 2 is 1.77 bits per heavy atom. The fourth-order valence-corrected chi connectivity index (χ4v) is 4.65. The predicted molar refractivity (Wildman–Crippen MR) is 115 cm³/mol. The number of imidazole rings is 1. The maximum atomic E-state index is 13.1. The van der Waals surface area contributed by atoms with Gasteiger partial charge < -0.3 is 14.8 Å². The normalized spacial score (nSPS) is 19.8. The lowest BCUT2D eigenvalue weighted by molar-refractivity contribution is -0.136. The highest BCUT2D eigenvalue weighted by atomic mass is 16.2. The number of hydrogen-bond donors (Lipinski definition) is 1. The first-order chi connectivity index (χ1) is 15.2. The van der Waals surface area contributed by atoms with Gasteiger partial charge in [-0.3, -0.25) is 14.6 Å². The van der Waals surface area contributed by atoms with Crippen LogP contribution in [0.2, 0.25) is 0 Å². The molecule has 160 valence electrons. The van der Waals surface area contributed by atoms with Gasteiger partial charge in [-0.25, -0.2) is 9.97 Å². The predicted octanol–water partition coefficient (Wildman–Crippen LogP) is 2.15. The highest BCUT2D eigenvalue weighted by Crippen LogP contribution is 2.29. The maximum absolute atomic E-state index is 13.1. The molecular weight excluding hydrogens is 392 g/mol. The molecule has 3 aromatic rings. The zero-order chi connectivity index (χ0) is 21.2. The molecule has 31 heavy (non-hydrogen) atoms. The lowest BCUT2D eigenvalue weighted by Gasteiger charge is -2.32. The van der Waals surface area contributed by atoms with Gasteiger partial charge >= 0.3 is 0 Å². The standard InChI is InChI=1S/C23H26N6O2/c30-20(14-18-4-1-2-9-24-18)29-13-8-17(15-29)23(31)28-11-6-16(7-12-28)21-26-19-5-3-10-25-22(19)27-21/h1-5,9-10,16-17H,6-8,11-15H2,(H,25,26,27). The van der Waals surface area contributed by atoms with Gasteiger partial charge in [0.15, 0.2) is 5.65 Å². The first-order valence-corrected chi connectivity index (χ1v) is 10.9. The zero-order valence-electron chi connectivity index (χ0n) is 17.4. The van der Waals surface area contributed by atoms with Crippen LogP contribution in [0.25, 0.3) is 11.2 Å². The van der Waals surface area contributed by atoms with E-state index in [-0.39, 0.29) is 17.7 Å². The Morgan fingerprint density at radius 3 is 2.55 bits per heavy atom. The van der Waals surface area contributed by atoms with Crippen LogP contribution >= 0.6 is 0 Å². The van der Waals surface area contributed by atoms with Crippen molar-refractivity contribution in [1.29, 1.82) is 0 Å². The van der Waals surface area contributed by atoms with Crippen molar-refractivity contribution in [3.63, 3.8) is 0 Å². The number of fused-ring (bicyclic) bond motifs is 1. The van der Waals surface area contributed by atoms with Gasteiger partial charge in [0, 0.05) is 50.2 Å².